The number of fused-ring (bicyclic) bond motifs is 4. The van der Waals surface area contributed by atoms with Gasteiger partial charge in [0, 0.05) is 23.6 Å². The molecule has 1 atom stereocenters. The Morgan fingerprint density at radius 3 is 2.90 bits per heavy atom. The normalized spacial score (nSPS) is 15.3. The summed E-state index contributed by atoms with van der Waals surface area (Å²) in [5.74, 6) is -1.25. The first kappa shape index (κ1) is 28.6. The Bertz CT molecular complexity index is 1650. The largest absolute Gasteiger partial charge is 0.469 e. The summed E-state index contributed by atoms with van der Waals surface area (Å²) in [6.07, 6.45) is 7.47. The van der Waals surface area contributed by atoms with Crippen LogP contribution in [-0.2, 0) is 25.5 Å². The van der Waals surface area contributed by atoms with E-state index in [1.54, 1.807) is 30.5 Å². The lowest BCUT2D eigenvalue weighted by Crippen LogP contribution is -2.28. The quantitative estimate of drug-likeness (QED) is 0.224. The van der Waals surface area contributed by atoms with Gasteiger partial charge in [0.1, 0.15) is 12.2 Å². The molecule has 2 aromatic heterocycles. The molecule has 0 radical (unpaired) electrons. The lowest BCUT2D eigenvalue weighted by atomic mass is 10.0. The molecule has 0 saturated carbocycles. The third-order valence-electron chi connectivity index (χ3n) is 6.72. The van der Waals surface area contributed by atoms with Crippen molar-refractivity contribution >= 4 is 41.1 Å². The van der Waals surface area contributed by atoms with Crippen LogP contribution in [0.4, 0.5) is 10.1 Å². The van der Waals surface area contributed by atoms with Crippen molar-refractivity contribution in [2.45, 2.75) is 38.1 Å². The van der Waals surface area contributed by atoms with E-state index in [4.69, 9.17) is 16.3 Å². The number of benzene rings is 2. The fraction of sp³-hybridized carbons (Fsp3) is 0.250. The van der Waals surface area contributed by atoms with E-state index in [1.165, 1.54) is 36.3 Å². The van der Waals surface area contributed by atoms with Gasteiger partial charge in [0.25, 0.3) is 0 Å². The average molecular weight is 593 g/mol. The zero-order valence-electron chi connectivity index (χ0n) is 22.4. The number of nitrogens with zero attached hydrogens (tertiary/aromatic N) is 5. The van der Waals surface area contributed by atoms with Crippen LogP contribution >= 0.6 is 11.6 Å². The molecule has 0 aliphatic carbocycles. The minimum Gasteiger partial charge on any atom is -0.469 e. The maximum atomic E-state index is 14.9. The maximum Gasteiger partial charge on any atom is 0.309 e. The van der Waals surface area contributed by atoms with Crippen LogP contribution in [0, 0.1) is 5.82 Å². The Morgan fingerprint density at radius 1 is 1.26 bits per heavy atom. The van der Waals surface area contributed by atoms with Gasteiger partial charge in [-0.15, -0.1) is 5.10 Å². The molecule has 2 bridgehead atoms. The predicted molar refractivity (Wildman–Crippen MR) is 151 cm³/mol. The molecule has 14 heteroatoms. The van der Waals surface area contributed by atoms with Gasteiger partial charge >= 0.3 is 5.97 Å². The van der Waals surface area contributed by atoms with Crippen LogP contribution in [0.25, 0.3) is 23.0 Å². The first-order chi connectivity index (χ1) is 20.3. The number of hydrogen-bond donors (Lipinski definition) is 3. The number of halogens is 2. The third-order valence-corrected chi connectivity index (χ3v) is 7.01. The molecule has 3 heterocycles. The molecule has 216 valence electrons. The van der Waals surface area contributed by atoms with E-state index in [9.17, 15) is 18.8 Å². The average Bonchev–Trinajstić information content (AvgIpc) is 3.68. The van der Waals surface area contributed by atoms with Crippen molar-refractivity contribution in [1.82, 2.24) is 35.5 Å². The molecule has 3 N–H and O–H groups in total. The molecule has 12 nitrogen and oxygen atoms in total. The Hall–Kier alpha value is -4.91. The van der Waals surface area contributed by atoms with Crippen LogP contribution < -0.4 is 10.6 Å². The van der Waals surface area contributed by atoms with Crippen molar-refractivity contribution in [3.05, 3.63) is 76.7 Å². The van der Waals surface area contributed by atoms with E-state index in [0.717, 1.165) is 0 Å². The molecule has 1 aliphatic rings. The molecular formula is C28H26ClFN8O4. The molecular weight excluding hydrogens is 567 g/mol. The van der Waals surface area contributed by atoms with E-state index in [-0.39, 0.29) is 29.3 Å². The van der Waals surface area contributed by atoms with E-state index < -0.39 is 23.7 Å². The number of carbonyl (C=O) groups excluding carboxylic acids is 3. The second kappa shape index (κ2) is 12.7. The number of rotatable bonds is 6. The molecule has 0 saturated heterocycles. The Morgan fingerprint density at radius 2 is 2.12 bits per heavy atom. The van der Waals surface area contributed by atoms with E-state index in [2.05, 4.69) is 36.1 Å². The van der Waals surface area contributed by atoms with Gasteiger partial charge in [0.2, 0.25) is 11.8 Å². The lowest BCUT2D eigenvalue weighted by molar-refractivity contribution is -0.139. The summed E-state index contributed by atoms with van der Waals surface area (Å²) in [7, 11) is 1.32. The molecule has 2 amide bonds. The zero-order chi connectivity index (χ0) is 29.6. The molecule has 2 aromatic carbocycles. The molecule has 1 aliphatic heterocycles. The predicted octanol–water partition coefficient (Wildman–Crippen LogP) is 3.94. The SMILES string of the molecule is COC(=O)Cc1ccc2c(c1)NC(=O)CCCC[C@H](NC(=O)/C=C/c1c(-n3cnnn3)ccc(Cl)c1F)c1ncc-2[nH]1. The standard InChI is InChI=1S/C28H26ClFN8O4/c1-42-26(41)13-16-6-7-17-21(12-16)34-24(39)5-3-2-4-20(28-31-14-22(17)35-28)33-25(40)11-8-18-23(38-15-32-36-37-38)10-9-19(29)27(18)30/h6-12,14-15,20H,2-5,13H2,1H3,(H,31,35)(H,33,40)(H,34,39)/b11-8+/t20-/m0/s1. The summed E-state index contributed by atoms with van der Waals surface area (Å²) in [5, 5.41) is 16.7. The number of methoxy groups -OCH3 is 1. The number of aromatic amines is 1. The van der Waals surface area contributed by atoms with Crippen LogP contribution in [0.1, 0.15) is 48.7 Å². The summed E-state index contributed by atoms with van der Waals surface area (Å²) in [6, 6.07) is 7.71. The molecule has 0 spiro atoms. The number of amides is 2. The number of carbonyl (C=O) groups is 3. The third kappa shape index (κ3) is 6.52. The number of hydrogen-bond acceptors (Lipinski definition) is 8. The highest BCUT2D eigenvalue weighted by Gasteiger charge is 2.21. The van der Waals surface area contributed by atoms with Crippen molar-refractivity contribution in [3.8, 4) is 16.9 Å². The maximum absolute atomic E-state index is 14.9. The summed E-state index contributed by atoms with van der Waals surface area (Å²) >= 11 is 5.98. The molecule has 5 rings (SSSR count). The summed E-state index contributed by atoms with van der Waals surface area (Å²) in [4.78, 5) is 45.3. The lowest BCUT2D eigenvalue weighted by Gasteiger charge is -2.17. The number of esters is 1. The Balaban J connectivity index is 1.40. The minimum atomic E-state index is -0.720. The molecule has 0 fully saturated rings. The van der Waals surface area contributed by atoms with Crippen molar-refractivity contribution in [1.29, 1.82) is 0 Å². The number of H-pyrrole nitrogens is 1. The fourth-order valence-electron chi connectivity index (χ4n) is 4.62. The van der Waals surface area contributed by atoms with Crippen molar-refractivity contribution < 1.29 is 23.5 Å². The topological polar surface area (TPSA) is 157 Å². The second-order valence-corrected chi connectivity index (χ2v) is 9.96. The Labute approximate surface area is 244 Å². The number of ether oxygens (including phenoxy) is 1. The summed E-state index contributed by atoms with van der Waals surface area (Å²) < 4.78 is 20.9. The fourth-order valence-corrected chi connectivity index (χ4v) is 4.78. The number of anilines is 1. The highest BCUT2D eigenvalue weighted by molar-refractivity contribution is 6.31. The van der Waals surface area contributed by atoms with Crippen LogP contribution in [-0.4, -0.2) is 55.1 Å². The van der Waals surface area contributed by atoms with Gasteiger partial charge in [-0.25, -0.2) is 9.37 Å². The second-order valence-electron chi connectivity index (χ2n) is 9.55. The first-order valence-electron chi connectivity index (χ1n) is 13.1. The van der Waals surface area contributed by atoms with Crippen molar-refractivity contribution in [2.75, 3.05) is 12.4 Å². The molecule has 0 unspecified atom stereocenters. The van der Waals surface area contributed by atoms with E-state index in [1.807, 2.05) is 0 Å². The molecule has 42 heavy (non-hydrogen) atoms. The van der Waals surface area contributed by atoms with Crippen molar-refractivity contribution in [2.24, 2.45) is 0 Å². The highest BCUT2D eigenvalue weighted by Crippen LogP contribution is 2.31. The number of tetrazole rings is 1. The van der Waals surface area contributed by atoms with Crippen LogP contribution in [0.3, 0.4) is 0 Å². The monoisotopic (exact) mass is 592 g/mol. The van der Waals surface area contributed by atoms with Gasteiger partial charge in [0.15, 0.2) is 5.82 Å². The van der Waals surface area contributed by atoms with Gasteiger partial charge in [0.05, 0.1) is 47.9 Å². The first-order valence-corrected chi connectivity index (χ1v) is 13.4. The van der Waals surface area contributed by atoms with Crippen LogP contribution in [0.15, 0.2) is 48.9 Å². The number of aromatic nitrogens is 6. The number of imidazole rings is 1. The minimum absolute atomic E-state index is 0.0399. The van der Waals surface area contributed by atoms with Gasteiger partial charge in [-0.1, -0.05) is 30.2 Å². The summed E-state index contributed by atoms with van der Waals surface area (Å²) in [6.45, 7) is 0. The van der Waals surface area contributed by atoms with Gasteiger partial charge in [-0.2, -0.15) is 4.68 Å². The van der Waals surface area contributed by atoms with Gasteiger partial charge in [-0.05, 0) is 53.1 Å². The number of nitrogens with one attached hydrogen (secondary N) is 3. The van der Waals surface area contributed by atoms with E-state index in [0.29, 0.717) is 53.3 Å². The van der Waals surface area contributed by atoms with Crippen LogP contribution in [0.2, 0.25) is 5.02 Å². The molecule has 4 aromatic rings. The van der Waals surface area contributed by atoms with Crippen LogP contribution in [0.5, 0.6) is 0 Å². The van der Waals surface area contributed by atoms with Gasteiger partial charge in [-0.3, -0.25) is 14.4 Å². The highest BCUT2D eigenvalue weighted by atomic mass is 35.5. The smallest absolute Gasteiger partial charge is 0.309 e. The van der Waals surface area contributed by atoms with E-state index >= 15 is 0 Å². The van der Waals surface area contributed by atoms with Gasteiger partial charge < -0.3 is 20.4 Å². The zero-order valence-corrected chi connectivity index (χ0v) is 23.2. The van der Waals surface area contributed by atoms with Crippen molar-refractivity contribution in [3.63, 3.8) is 0 Å². The Kier molecular flexibility index (Phi) is 8.67. The summed E-state index contributed by atoms with van der Waals surface area (Å²) in [5.41, 5.74) is 2.85.